The third-order valence-electron chi connectivity index (χ3n) is 2.80. The number of benzene rings is 1. The molecule has 1 amide bonds. The smallest absolute Gasteiger partial charge is 0.248 e. The molecule has 100 valence electrons. The highest BCUT2D eigenvalue weighted by Crippen LogP contribution is 2.26. The molecule has 0 fully saturated rings. The van der Waals surface area contributed by atoms with Gasteiger partial charge in [-0.15, -0.1) is 11.3 Å². The van der Waals surface area contributed by atoms with Crippen molar-refractivity contribution in [2.75, 3.05) is 5.32 Å². The van der Waals surface area contributed by atoms with Crippen molar-refractivity contribution in [3.63, 3.8) is 0 Å². The summed E-state index contributed by atoms with van der Waals surface area (Å²) in [5.74, 6) is -0.997. The van der Waals surface area contributed by atoms with Crippen LogP contribution in [0.5, 0.6) is 0 Å². The van der Waals surface area contributed by atoms with Crippen LogP contribution in [0.2, 0.25) is 0 Å². The zero-order valence-electron chi connectivity index (χ0n) is 10.6. The van der Waals surface area contributed by atoms with Crippen LogP contribution in [0, 0.1) is 12.7 Å². The minimum atomic E-state index is -0.579. The van der Waals surface area contributed by atoms with Crippen molar-refractivity contribution < 1.29 is 9.18 Å². The Balaban J connectivity index is 2.26. The van der Waals surface area contributed by atoms with Gasteiger partial charge < -0.3 is 11.1 Å². The van der Waals surface area contributed by atoms with E-state index in [0.717, 1.165) is 10.6 Å². The number of carbonyl (C=O) groups is 1. The quantitative estimate of drug-likeness (QED) is 0.904. The molecule has 0 aliphatic carbocycles. The van der Waals surface area contributed by atoms with Gasteiger partial charge in [0.2, 0.25) is 5.91 Å². The number of nitrogens with two attached hydrogens (primary N) is 1. The molecule has 1 aromatic heterocycles. The Kier molecular flexibility index (Phi) is 3.80. The van der Waals surface area contributed by atoms with E-state index in [1.165, 1.54) is 29.5 Å². The number of halogens is 1. The van der Waals surface area contributed by atoms with E-state index in [2.05, 4.69) is 10.3 Å². The molecule has 0 spiro atoms. The summed E-state index contributed by atoms with van der Waals surface area (Å²) in [6, 6.07) is 3.93. The summed E-state index contributed by atoms with van der Waals surface area (Å²) in [7, 11) is 0. The van der Waals surface area contributed by atoms with E-state index in [0.29, 0.717) is 0 Å². The molecule has 1 unspecified atom stereocenters. The molecule has 19 heavy (non-hydrogen) atoms. The summed E-state index contributed by atoms with van der Waals surface area (Å²) in [5.41, 5.74) is 8.38. The second kappa shape index (κ2) is 5.36. The molecule has 1 aromatic carbocycles. The molecule has 3 N–H and O–H groups in total. The number of thiazole rings is 1. The standard InChI is InChI=1S/C13H14FN3OS/c1-7-12(19-6-16-7)8(2)17-11-5-9(13(15)18)3-4-10(11)14/h3-6,8,17H,1-2H3,(H2,15,18). The average Bonchev–Trinajstić information content (AvgIpc) is 2.78. The van der Waals surface area contributed by atoms with Crippen LogP contribution in [0.25, 0.3) is 0 Å². The Labute approximate surface area is 114 Å². The maximum atomic E-state index is 13.7. The summed E-state index contributed by atoms with van der Waals surface area (Å²) in [6.45, 7) is 3.82. The molecular formula is C13H14FN3OS. The first kappa shape index (κ1) is 13.5. The van der Waals surface area contributed by atoms with E-state index in [4.69, 9.17) is 5.73 Å². The first-order valence-electron chi connectivity index (χ1n) is 5.75. The fourth-order valence-corrected chi connectivity index (χ4v) is 2.63. The predicted molar refractivity (Wildman–Crippen MR) is 73.8 cm³/mol. The molecule has 6 heteroatoms. The number of rotatable bonds is 4. The number of hydrogen-bond donors (Lipinski definition) is 2. The Morgan fingerprint density at radius 3 is 2.84 bits per heavy atom. The van der Waals surface area contributed by atoms with Gasteiger partial charge >= 0.3 is 0 Å². The van der Waals surface area contributed by atoms with Gasteiger partial charge in [0.25, 0.3) is 0 Å². The first-order valence-corrected chi connectivity index (χ1v) is 6.63. The molecule has 0 radical (unpaired) electrons. The highest BCUT2D eigenvalue weighted by atomic mass is 32.1. The Hall–Kier alpha value is -1.95. The number of anilines is 1. The van der Waals surface area contributed by atoms with Crippen molar-refractivity contribution in [3.05, 3.63) is 45.7 Å². The largest absolute Gasteiger partial charge is 0.375 e. The normalized spacial score (nSPS) is 12.2. The summed E-state index contributed by atoms with van der Waals surface area (Å²) < 4.78 is 13.7. The number of amides is 1. The van der Waals surface area contributed by atoms with Gasteiger partial charge in [-0.25, -0.2) is 9.37 Å². The van der Waals surface area contributed by atoms with Crippen molar-refractivity contribution in [2.24, 2.45) is 5.73 Å². The number of aromatic nitrogens is 1. The molecule has 2 aromatic rings. The van der Waals surface area contributed by atoms with E-state index in [1.807, 2.05) is 13.8 Å². The van der Waals surface area contributed by atoms with Gasteiger partial charge in [-0.3, -0.25) is 4.79 Å². The maximum absolute atomic E-state index is 13.7. The predicted octanol–water partition coefficient (Wildman–Crippen LogP) is 2.86. The summed E-state index contributed by atoms with van der Waals surface area (Å²) in [6.07, 6.45) is 0. The van der Waals surface area contributed by atoms with Crippen LogP contribution in [-0.2, 0) is 0 Å². The van der Waals surface area contributed by atoms with Crippen molar-refractivity contribution in [3.8, 4) is 0 Å². The minimum absolute atomic E-state index is 0.0925. The lowest BCUT2D eigenvalue weighted by Gasteiger charge is -2.15. The lowest BCUT2D eigenvalue weighted by atomic mass is 10.1. The number of nitrogens with zero attached hydrogens (tertiary/aromatic N) is 1. The second-order valence-corrected chi connectivity index (χ2v) is 5.11. The van der Waals surface area contributed by atoms with E-state index in [-0.39, 0.29) is 17.3 Å². The molecule has 2 rings (SSSR count). The van der Waals surface area contributed by atoms with Crippen molar-refractivity contribution >= 4 is 22.9 Å². The van der Waals surface area contributed by atoms with Crippen LogP contribution < -0.4 is 11.1 Å². The third kappa shape index (κ3) is 2.90. The van der Waals surface area contributed by atoms with Crippen LogP contribution in [0.1, 0.15) is 33.9 Å². The van der Waals surface area contributed by atoms with Crippen LogP contribution in [0.4, 0.5) is 10.1 Å². The number of carbonyl (C=O) groups excluding carboxylic acids is 1. The van der Waals surface area contributed by atoms with E-state index >= 15 is 0 Å². The number of hydrogen-bond acceptors (Lipinski definition) is 4. The zero-order valence-corrected chi connectivity index (χ0v) is 11.4. The average molecular weight is 279 g/mol. The molecular weight excluding hydrogens is 265 g/mol. The second-order valence-electron chi connectivity index (χ2n) is 4.23. The van der Waals surface area contributed by atoms with Gasteiger partial charge in [-0.05, 0) is 32.0 Å². The van der Waals surface area contributed by atoms with Gasteiger partial charge in [-0.2, -0.15) is 0 Å². The minimum Gasteiger partial charge on any atom is -0.375 e. The van der Waals surface area contributed by atoms with Gasteiger partial charge in [0.1, 0.15) is 5.82 Å². The van der Waals surface area contributed by atoms with Gasteiger partial charge in [0.05, 0.1) is 22.9 Å². The summed E-state index contributed by atoms with van der Waals surface area (Å²) >= 11 is 1.51. The van der Waals surface area contributed by atoms with Crippen LogP contribution in [0.15, 0.2) is 23.7 Å². The highest BCUT2D eigenvalue weighted by Gasteiger charge is 2.14. The molecule has 0 saturated carbocycles. The molecule has 0 saturated heterocycles. The Morgan fingerprint density at radius 2 is 2.26 bits per heavy atom. The van der Waals surface area contributed by atoms with Crippen molar-refractivity contribution in [2.45, 2.75) is 19.9 Å². The molecule has 4 nitrogen and oxygen atoms in total. The fourth-order valence-electron chi connectivity index (χ4n) is 1.81. The maximum Gasteiger partial charge on any atom is 0.248 e. The van der Waals surface area contributed by atoms with Crippen LogP contribution in [0.3, 0.4) is 0 Å². The SMILES string of the molecule is Cc1ncsc1C(C)Nc1cc(C(N)=O)ccc1F. The van der Waals surface area contributed by atoms with Crippen LogP contribution in [-0.4, -0.2) is 10.9 Å². The zero-order chi connectivity index (χ0) is 14.0. The third-order valence-corrected chi connectivity index (χ3v) is 3.91. The lowest BCUT2D eigenvalue weighted by Crippen LogP contribution is -2.13. The summed E-state index contributed by atoms with van der Waals surface area (Å²) in [5, 5.41) is 3.04. The Morgan fingerprint density at radius 1 is 1.53 bits per heavy atom. The summed E-state index contributed by atoms with van der Waals surface area (Å²) in [4.78, 5) is 16.3. The van der Waals surface area contributed by atoms with E-state index in [9.17, 15) is 9.18 Å². The highest BCUT2D eigenvalue weighted by molar-refractivity contribution is 7.09. The van der Waals surface area contributed by atoms with Gasteiger partial charge in [0.15, 0.2) is 0 Å². The monoisotopic (exact) mass is 279 g/mol. The Bertz CT molecular complexity index is 612. The number of nitrogens with one attached hydrogen (secondary N) is 1. The van der Waals surface area contributed by atoms with Gasteiger partial charge in [-0.1, -0.05) is 0 Å². The fraction of sp³-hybridized carbons (Fsp3) is 0.231. The van der Waals surface area contributed by atoms with Gasteiger partial charge in [0, 0.05) is 10.4 Å². The van der Waals surface area contributed by atoms with Crippen molar-refractivity contribution in [1.29, 1.82) is 0 Å². The molecule has 1 heterocycles. The lowest BCUT2D eigenvalue weighted by molar-refractivity contribution is 0.100. The van der Waals surface area contributed by atoms with E-state index < -0.39 is 11.7 Å². The molecule has 1 atom stereocenters. The number of primary amides is 1. The molecule has 0 bridgehead atoms. The first-order chi connectivity index (χ1) is 8.99. The number of aryl methyl sites for hydroxylation is 1. The van der Waals surface area contributed by atoms with Crippen molar-refractivity contribution in [1.82, 2.24) is 4.98 Å². The van der Waals surface area contributed by atoms with E-state index in [1.54, 1.807) is 5.51 Å². The van der Waals surface area contributed by atoms with Crippen LogP contribution >= 0.6 is 11.3 Å². The molecule has 0 aliphatic rings. The topological polar surface area (TPSA) is 68.0 Å². The molecule has 0 aliphatic heterocycles.